The Morgan fingerprint density at radius 2 is 2.00 bits per heavy atom. The molecular formula is C16H15ClN2O4. The van der Waals surface area contributed by atoms with E-state index in [0.29, 0.717) is 36.7 Å². The van der Waals surface area contributed by atoms with E-state index in [2.05, 4.69) is 5.16 Å². The summed E-state index contributed by atoms with van der Waals surface area (Å²) in [5.74, 6) is -0.956. The minimum atomic E-state index is -0.804. The van der Waals surface area contributed by atoms with Crippen LogP contribution >= 0.6 is 11.6 Å². The SMILES string of the molecule is O=C(O)C1CCN(C(=O)c2cc(-c3cccc(Cl)c3)on2)CC1. The van der Waals surface area contributed by atoms with Crippen LogP contribution in [0.5, 0.6) is 0 Å². The van der Waals surface area contributed by atoms with Gasteiger partial charge in [-0.3, -0.25) is 9.59 Å². The zero-order valence-corrected chi connectivity index (χ0v) is 13.0. The highest BCUT2D eigenvalue weighted by Crippen LogP contribution is 2.25. The Bertz CT molecular complexity index is 735. The van der Waals surface area contributed by atoms with Crippen molar-refractivity contribution in [3.05, 3.63) is 41.0 Å². The largest absolute Gasteiger partial charge is 0.481 e. The molecule has 0 unspecified atom stereocenters. The summed E-state index contributed by atoms with van der Waals surface area (Å²) in [4.78, 5) is 25.0. The maximum absolute atomic E-state index is 12.4. The lowest BCUT2D eigenvalue weighted by Gasteiger charge is -2.29. The first-order valence-corrected chi connectivity index (χ1v) is 7.67. The Labute approximate surface area is 137 Å². The predicted octanol–water partition coefficient (Wildman–Crippen LogP) is 2.93. The van der Waals surface area contributed by atoms with Crippen LogP contribution in [0.2, 0.25) is 5.02 Å². The molecule has 6 nitrogen and oxygen atoms in total. The van der Waals surface area contributed by atoms with Gasteiger partial charge < -0.3 is 14.5 Å². The normalized spacial score (nSPS) is 15.6. The number of carbonyl (C=O) groups excluding carboxylic acids is 1. The number of likely N-dealkylation sites (tertiary alicyclic amines) is 1. The molecule has 0 spiro atoms. The summed E-state index contributed by atoms with van der Waals surface area (Å²) in [6.45, 7) is 0.824. The summed E-state index contributed by atoms with van der Waals surface area (Å²) >= 11 is 5.94. The molecule has 0 aliphatic carbocycles. The molecule has 120 valence electrons. The Morgan fingerprint density at radius 1 is 1.26 bits per heavy atom. The summed E-state index contributed by atoms with van der Waals surface area (Å²) < 4.78 is 5.23. The van der Waals surface area contributed by atoms with Gasteiger partial charge in [-0.1, -0.05) is 28.9 Å². The second kappa shape index (κ2) is 6.42. The lowest BCUT2D eigenvalue weighted by Crippen LogP contribution is -2.40. The highest BCUT2D eigenvalue weighted by Gasteiger charge is 2.28. The number of piperidine rings is 1. The molecule has 1 saturated heterocycles. The Hall–Kier alpha value is -2.34. The van der Waals surface area contributed by atoms with Gasteiger partial charge in [0.25, 0.3) is 5.91 Å². The van der Waals surface area contributed by atoms with Gasteiger partial charge in [0.1, 0.15) is 0 Å². The quantitative estimate of drug-likeness (QED) is 0.933. The van der Waals surface area contributed by atoms with Crippen molar-refractivity contribution in [2.45, 2.75) is 12.8 Å². The van der Waals surface area contributed by atoms with E-state index in [0.717, 1.165) is 5.56 Å². The van der Waals surface area contributed by atoms with Gasteiger partial charge in [-0.05, 0) is 25.0 Å². The molecule has 0 atom stereocenters. The summed E-state index contributed by atoms with van der Waals surface area (Å²) in [7, 11) is 0. The summed E-state index contributed by atoms with van der Waals surface area (Å²) in [6.07, 6.45) is 0.917. The second-order valence-electron chi connectivity index (χ2n) is 5.49. The molecular weight excluding hydrogens is 320 g/mol. The fourth-order valence-electron chi connectivity index (χ4n) is 2.65. The van der Waals surface area contributed by atoms with E-state index in [1.165, 1.54) is 0 Å². The Balaban J connectivity index is 1.71. The van der Waals surface area contributed by atoms with Crippen molar-refractivity contribution in [1.29, 1.82) is 0 Å². The molecule has 2 aromatic rings. The van der Waals surface area contributed by atoms with Gasteiger partial charge in [-0.25, -0.2) is 0 Å². The van der Waals surface area contributed by atoms with Crippen LogP contribution in [0, 0.1) is 5.92 Å². The molecule has 2 heterocycles. The summed E-state index contributed by atoms with van der Waals surface area (Å²) in [5.41, 5.74) is 0.961. The maximum Gasteiger partial charge on any atom is 0.306 e. The highest BCUT2D eigenvalue weighted by atomic mass is 35.5. The third-order valence-corrected chi connectivity index (χ3v) is 4.20. The van der Waals surface area contributed by atoms with E-state index in [4.69, 9.17) is 21.2 Å². The monoisotopic (exact) mass is 334 g/mol. The van der Waals surface area contributed by atoms with Crippen LogP contribution in [0.4, 0.5) is 0 Å². The topological polar surface area (TPSA) is 83.6 Å². The first-order valence-electron chi connectivity index (χ1n) is 7.29. The standard InChI is InChI=1S/C16H15ClN2O4/c17-12-3-1-2-11(8-12)14-9-13(18-23-14)15(20)19-6-4-10(5-7-19)16(21)22/h1-3,8-10H,4-7H2,(H,21,22). The number of hydrogen-bond donors (Lipinski definition) is 1. The van der Waals surface area contributed by atoms with Crippen LogP contribution in [0.3, 0.4) is 0 Å². The molecule has 1 N–H and O–H groups in total. The summed E-state index contributed by atoms with van der Waals surface area (Å²) in [6, 6.07) is 8.67. The molecule has 0 radical (unpaired) electrons. The molecule has 7 heteroatoms. The second-order valence-corrected chi connectivity index (χ2v) is 5.93. The van der Waals surface area contributed by atoms with Gasteiger partial charge in [0, 0.05) is 29.7 Å². The number of carboxylic acid groups (broad SMARTS) is 1. The highest BCUT2D eigenvalue weighted by molar-refractivity contribution is 6.30. The number of halogens is 1. The number of carboxylic acids is 1. The van der Waals surface area contributed by atoms with Gasteiger partial charge in [0.2, 0.25) is 0 Å². The molecule has 1 aliphatic rings. The maximum atomic E-state index is 12.4. The summed E-state index contributed by atoms with van der Waals surface area (Å²) in [5, 5.41) is 13.4. The first kappa shape index (κ1) is 15.6. The lowest BCUT2D eigenvalue weighted by molar-refractivity contribution is -0.143. The Morgan fingerprint density at radius 3 is 2.65 bits per heavy atom. The lowest BCUT2D eigenvalue weighted by atomic mass is 9.97. The molecule has 1 fully saturated rings. The minimum Gasteiger partial charge on any atom is -0.481 e. The van der Waals surface area contributed by atoms with E-state index in [1.54, 1.807) is 29.2 Å². The average molecular weight is 335 g/mol. The van der Waals surface area contributed by atoms with Crippen LogP contribution < -0.4 is 0 Å². The first-order chi connectivity index (χ1) is 11.0. The van der Waals surface area contributed by atoms with Crippen molar-refractivity contribution in [2.75, 3.05) is 13.1 Å². The molecule has 0 saturated carbocycles. The number of amides is 1. The van der Waals surface area contributed by atoms with Crippen LogP contribution in [0.1, 0.15) is 23.3 Å². The van der Waals surface area contributed by atoms with Gasteiger partial charge in [-0.2, -0.15) is 0 Å². The van der Waals surface area contributed by atoms with E-state index in [9.17, 15) is 9.59 Å². The fraction of sp³-hybridized carbons (Fsp3) is 0.312. The zero-order valence-electron chi connectivity index (χ0n) is 12.2. The van der Waals surface area contributed by atoms with Gasteiger partial charge in [0.05, 0.1) is 5.92 Å². The van der Waals surface area contributed by atoms with Crippen molar-refractivity contribution in [3.8, 4) is 11.3 Å². The average Bonchev–Trinajstić information content (AvgIpc) is 3.04. The number of aliphatic carboxylic acids is 1. The molecule has 3 rings (SSSR count). The van der Waals surface area contributed by atoms with Crippen molar-refractivity contribution in [1.82, 2.24) is 10.1 Å². The van der Waals surface area contributed by atoms with Crippen molar-refractivity contribution < 1.29 is 19.2 Å². The zero-order chi connectivity index (χ0) is 16.4. The predicted molar refractivity (Wildman–Crippen MR) is 83.2 cm³/mol. The van der Waals surface area contributed by atoms with E-state index in [-0.39, 0.29) is 17.5 Å². The van der Waals surface area contributed by atoms with Crippen LogP contribution in [-0.2, 0) is 4.79 Å². The Kier molecular flexibility index (Phi) is 4.34. The van der Waals surface area contributed by atoms with Crippen molar-refractivity contribution in [2.24, 2.45) is 5.92 Å². The van der Waals surface area contributed by atoms with Gasteiger partial charge in [0.15, 0.2) is 11.5 Å². The van der Waals surface area contributed by atoms with E-state index >= 15 is 0 Å². The number of nitrogens with zero attached hydrogens (tertiary/aromatic N) is 2. The molecule has 1 aromatic heterocycles. The molecule has 1 aromatic carbocycles. The third kappa shape index (κ3) is 3.37. The van der Waals surface area contributed by atoms with Gasteiger partial charge >= 0.3 is 5.97 Å². The number of aromatic nitrogens is 1. The number of carbonyl (C=O) groups is 2. The van der Waals surface area contributed by atoms with Gasteiger partial charge in [-0.15, -0.1) is 0 Å². The molecule has 1 aliphatic heterocycles. The smallest absolute Gasteiger partial charge is 0.306 e. The van der Waals surface area contributed by atoms with Crippen LogP contribution in [0.25, 0.3) is 11.3 Å². The third-order valence-electron chi connectivity index (χ3n) is 3.97. The van der Waals surface area contributed by atoms with E-state index in [1.807, 2.05) is 6.07 Å². The van der Waals surface area contributed by atoms with Crippen molar-refractivity contribution >= 4 is 23.5 Å². The van der Waals surface area contributed by atoms with Crippen LogP contribution in [-0.4, -0.2) is 40.1 Å². The number of benzene rings is 1. The molecule has 23 heavy (non-hydrogen) atoms. The molecule has 0 bridgehead atoms. The van der Waals surface area contributed by atoms with Crippen molar-refractivity contribution in [3.63, 3.8) is 0 Å². The fourth-order valence-corrected chi connectivity index (χ4v) is 2.84. The molecule has 1 amide bonds. The number of hydrogen-bond acceptors (Lipinski definition) is 4. The minimum absolute atomic E-state index is 0.216. The van der Waals surface area contributed by atoms with Crippen LogP contribution in [0.15, 0.2) is 34.9 Å². The number of rotatable bonds is 3. The van der Waals surface area contributed by atoms with E-state index < -0.39 is 5.97 Å².